The molecule has 0 aliphatic rings. The highest BCUT2D eigenvalue weighted by Crippen LogP contribution is 2.04. The first kappa shape index (κ1) is 17.9. The first-order valence-electron chi connectivity index (χ1n) is 7.57. The monoisotopic (exact) mass is 258 g/mol. The van der Waals surface area contributed by atoms with E-state index in [1.165, 1.54) is 25.7 Å². The second-order valence-corrected chi connectivity index (χ2v) is 5.56. The molecule has 3 nitrogen and oxygen atoms in total. The van der Waals surface area contributed by atoms with Crippen LogP contribution in [0.4, 0.5) is 0 Å². The lowest BCUT2D eigenvalue weighted by Gasteiger charge is -2.30. The van der Waals surface area contributed by atoms with Crippen LogP contribution in [-0.4, -0.2) is 50.3 Å². The van der Waals surface area contributed by atoms with Crippen molar-refractivity contribution in [1.82, 2.24) is 10.2 Å². The topological polar surface area (TPSA) is 24.5 Å². The van der Waals surface area contributed by atoms with Gasteiger partial charge in [0.15, 0.2) is 0 Å². The van der Waals surface area contributed by atoms with E-state index in [-0.39, 0.29) is 0 Å². The lowest BCUT2D eigenvalue weighted by Crippen LogP contribution is -2.39. The molecule has 18 heavy (non-hydrogen) atoms. The molecule has 0 aromatic carbocycles. The fraction of sp³-hybridized carbons (Fsp3) is 1.00. The van der Waals surface area contributed by atoms with Gasteiger partial charge in [0.1, 0.15) is 0 Å². The first-order chi connectivity index (χ1) is 8.59. The molecule has 0 aromatic rings. The molecule has 0 fully saturated rings. The molecule has 0 saturated heterocycles. The zero-order chi connectivity index (χ0) is 13.8. The molecule has 0 aliphatic heterocycles. The van der Waals surface area contributed by atoms with Crippen molar-refractivity contribution in [1.29, 1.82) is 0 Å². The minimum Gasteiger partial charge on any atom is -0.380 e. The van der Waals surface area contributed by atoms with Gasteiger partial charge in [-0.2, -0.15) is 0 Å². The molecule has 0 unspecified atom stereocenters. The van der Waals surface area contributed by atoms with Crippen molar-refractivity contribution in [3.8, 4) is 0 Å². The third kappa shape index (κ3) is 9.86. The summed E-state index contributed by atoms with van der Waals surface area (Å²) in [5.41, 5.74) is 0. The Balaban J connectivity index is 3.33. The summed E-state index contributed by atoms with van der Waals surface area (Å²) in [5.74, 6) is 0. The lowest BCUT2D eigenvalue weighted by atomic mass is 10.2. The van der Waals surface area contributed by atoms with Gasteiger partial charge >= 0.3 is 0 Å². The number of nitrogens with one attached hydrogen (secondary N) is 1. The van der Waals surface area contributed by atoms with Crippen LogP contribution in [-0.2, 0) is 4.74 Å². The molecule has 3 heteroatoms. The van der Waals surface area contributed by atoms with Crippen LogP contribution in [0, 0.1) is 0 Å². The second-order valence-electron chi connectivity index (χ2n) is 5.56. The van der Waals surface area contributed by atoms with Crippen molar-refractivity contribution in [2.75, 3.05) is 33.4 Å². The molecular formula is C15H34N2O. The van der Waals surface area contributed by atoms with E-state index in [4.69, 9.17) is 4.74 Å². The van der Waals surface area contributed by atoms with Crippen LogP contribution in [0.5, 0.6) is 0 Å². The van der Waals surface area contributed by atoms with Gasteiger partial charge in [-0.15, -0.1) is 0 Å². The molecular weight excluding hydrogens is 224 g/mol. The highest BCUT2D eigenvalue weighted by atomic mass is 16.5. The summed E-state index contributed by atoms with van der Waals surface area (Å²) in [6.07, 6.45) is 5.09. The summed E-state index contributed by atoms with van der Waals surface area (Å²) in [4.78, 5) is 2.48. The van der Waals surface area contributed by atoms with Crippen molar-refractivity contribution in [3.63, 3.8) is 0 Å². The minimum absolute atomic E-state index is 0.607. The average molecular weight is 258 g/mol. The number of hydrogen-bond donors (Lipinski definition) is 1. The third-order valence-electron chi connectivity index (χ3n) is 3.29. The molecule has 0 aromatic heterocycles. The summed E-state index contributed by atoms with van der Waals surface area (Å²) in [6.45, 7) is 13.0. The van der Waals surface area contributed by atoms with Crippen LogP contribution in [0.3, 0.4) is 0 Å². The van der Waals surface area contributed by atoms with E-state index in [1.54, 1.807) is 0 Å². The normalized spacial score (nSPS) is 12.0. The highest BCUT2D eigenvalue weighted by Gasteiger charge is 2.12. The van der Waals surface area contributed by atoms with E-state index >= 15 is 0 Å². The summed E-state index contributed by atoms with van der Waals surface area (Å²) >= 11 is 0. The molecule has 1 N–H and O–H groups in total. The fourth-order valence-corrected chi connectivity index (χ4v) is 2.24. The van der Waals surface area contributed by atoms with Crippen molar-refractivity contribution in [3.05, 3.63) is 0 Å². The van der Waals surface area contributed by atoms with Crippen LogP contribution >= 0.6 is 0 Å². The fourth-order valence-electron chi connectivity index (χ4n) is 2.24. The summed E-state index contributed by atoms with van der Waals surface area (Å²) in [5, 5.41) is 3.18. The van der Waals surface area contributed by atoms with E-state index in [9.17, 15) is 0 Å². The summed E-state index contributed by atoms with van der Waals surface area (Å²) in [7, 11) is 2.01. The molecule has 0 bridgehead atoms. The van der Waals surface area contributed by atoms with E-state index in [2.05, 4.69) is 37.9 Å². The molecule has 0 heterocycles. The van der Waals surface area contributed by atoms with E-state index in [1.807, 2.05) is 7.05 Å². The standard InChI is InChI=1S/C15H34N2O/c1-14(2)17(15(3)4)11-13-18-12-9-7-6-8-10-16-5/h14-16H,6-13H2,1-5H3. The Bertz CT molecular complexity index is 164. The Kier molecular flexibility index (Phi) is 11.9. The number of rotatable bonds is 12. The van der Waals surface area contributed by atoms with E-state index in [0.717, 1.165) is 26.3 Å². The molecule has 0 saturated carbocycles. The number of ether oxygens (including phenoxy) is 1. The van der Waals surface area contributed by atoms with Gasteiger partial charge in [0.25, 0.3) is 0 Å². The summed E-state index contributed by atoms with van der Waals surface area (Å²) in [6, 6.07) is 1.21. The SMILES string of the molecule is CNCCCCCCOCCN(C(C)C)C(C)C. The predicted molar refractivity (Wildman–Crippen MR) is 80.2 cm³/mol. The molecule has 0 spiro atoms. The zero-order valence-corrected chi connectivity index (χ0v) is 13.2. The summed E-state index contributed by atoms with van der Waals surface area (Å²) < 4.78 is 5.71. The van der Waals surface area contributed by atoms with Gasteiger partial charge in [-0.3, -0.25) is 4.90 Å². The van der Waals surface area contributed by atoms with Crippen molar-refractivity contribution in [2.24, 2.45) is 0 Å². The van der Waals surface area contributed by atoms with Gasteiger partial charge in [-0.05, 0) is 54.1 Å². The maximum absolute atomic E-state index is 5.71. The van der Waals surface area contributed by atoms with E-state index in [0.29, 0.717) is 12.1 Å². The number of unbranched alkanes of at least 4 members (excludes halogenated alkanes) is 3. The van der Waals surface area contributed by atoms with Gasteiger partial charge < -0.3 is 10.1 Å². The van der Waals surface area contributed by atoms with Crippen LogP contribution in [0.2, 0.25) is 0 Å². The Hall–Kier alpha value is -0.120. The Morgan fingerprint density at radius 1 is 0.889 bits per heavy atom. The smallest absolute Gasteiger partial charge is 0.0593 e. The third-order valence-corrected chi connectivity index (χ3v) is 3.29. The van der Waals surface area contributed by atoms with Crippen LogP contribution in [0.25, 0.3) is 0 Å². The van der Waals surface area contributed by atoms with Crippen molar-refractivity contribution >= 4 is 0 Å². The Morgan fingerprint density at radius 3 is 2.06 bits per heavy atom. The molecule has 0 radical (unpaired) electrons. The van der Waals surface area contributed by atoms with Crippen LogP contribution < -0.4 is 5.32 Å². The van der Waals surface area contributed by atoms with Crippen molar-refractivity contribution in [2.45, 2.75) is 65.5 Å². The van der Waals surface area contributed by atoms with E-state index < -0.39 is 0 Å². The van der Waals surface area contributed by atoms with Crippen LogP contribution in [0.1, 0.15) is 53.4 Å². The van der Waals surface area contributed by atoms with Crippen LogP contribution in [0.15, 0.2) is 0 Å². The number of hydrogen-bond acceptors (Lipinski definition) is 3. The van der Waals surface area contributed by atoms with Gasteiger partial charge in [0, 0.05) is 25.2 Å². The zero-order valence-electron chi connectivity index (χ0n) is 13.2. The quantitative estimate of drug-likeness (QED) is 0.545. The predicted octanol–water partition coefficient (Wildman–Crippen LogP) is 2.90. The van der Waals surface area contributed by atoms with Crippen molar-refractivity contribution < 1.29 is 4.74 Å². The lowest BCUT2D eigenvalue weighted by molar-refractivity contribution is 0.0764. The van der Waals surface area contributed by atoms with Gasteiger partial charge in [-0.1, -0.05) is 12.8 Å². The Labute approximate surface area is 114 Å². The molecule has 0 amide bonds. The maximum Gasteiger partial charge on any atom is 0.0593 e. The highest BCUT2D eigenvalue weighted by molar-refractivity contribution is 4.66. The Morgan fingerprint density at radius 2 is 1.50 bits per heavy atom. The molecule has 0 rings (SSSR count). The largest absolute Gasteiger partial charge is 0.380 e. The molecule has 0 aliphatic carbocycles. The van der Waals surface area contributed by atoms with Gasteiger partial charge in [0.2, 0.25) is 0 Å². The first-order valence-corrected chi connectivity index (χ1v) is 7.57. The molecule has 110 valence electrons. The second kappa shape index (κ2) is 11.9. The van der Waals surface area contributed by atoms with Gasteiger partial charge in [-0.25, -0.2) is 0 Å². The minimum atomic E-state index is 0.607. The maximum atomic E-state index is 5.71. The van der Waals surface area contributed by atoms with Gasteiger partial charge in [0.05, 0.1) is 6.61 Å². The average Bonchev–Trinajstić information content (AvgIpc) is 2.30. The number of nitrogens with zero attached hydrogens (tertiary/aromatic N) is 1. The molecule has 0 atom stereocenters.